The Morgan fingerprint density at radius 1 is 1.05 bits per heavy atom. The first-order valence-corrected chi connectivity index (χ1v) is 7.74. The summed E-state index contributed by atoms with van der Waals surface area (Å²) in [4.78, 5) is 3.76. The van der Waals surface area contributed by atoms with E-state index in [4.69, 9.17) is 5.73 Å². The molecule has 2 heteroatoms. The zero-order valence-electron chi connectivity index (χ0n) is 14.7. The number of nitrogens with two attached hydrogens (primary N) is 1. The topological polar surface area (TPSA) is 38.4 Å². The van der Waals surface area contributed by atoms with E-state index in [1.165, 1.54) is 0 Å². The Morgan fingerprint density at radius 2 is 1.64 bits per heavy atom. The lowest BCUT2D eigenvalue weighted by Crippen LogP contribution is -1.98. The first-order valence-electron chi connectivity index (χ1n) is 7.74. The molecular weight excluding hydrogens is 268 g/mol. The van der Waals surface area contributed by atoms with Gasteiger partial charge in [-0.2, -0.15) is 0 Å². The maximum absolute atomic E-state index is 5.31. The Kier molecular flexibility index (Phi) is 27.5. The zero-order valence-corrected chi connectivity index (χ0v) is 14.7. The van der Waals surface area contributed by atoms with Crippen molar-refractivity contribution in [2.45, 2.75) is 33.6 Å². The lowest BCUT2D eigenvalue weighted by molar-refractivity contribution is 0.974. The molecule has 0 spiro atoms. The number of nitrogens with zero attached hydrogens (tertiary/aromatic N) is 1. The van der Waals surface area contributed by atoms with Gasteiger partial charge in [-0.05, 0) is 37.3 Å². The van der Waals surface area contributed by atoms with Gasteiger partial charge in [0.1, 0.15) is 0 Å². The van der Waals surface area contributed by atoms with Gasteiger partial charge in [-0.3, -0.25) is 4.99 Å². The van der Waals surface area contributed by atoms with E-state index >= 15 is 0 Å². The molecule has 0 aliphatic heterocycles. The van der Waals surface area contributed by atoms with Gasteiger partial charge in [0.2, 0.25) is 0 Å². The average Bonchev–Trinajstić information content (AvgIpc) is 2.56. The summed E-state index contributed by atoms with van der Waals surface area (Å²) in [5, 5.41) is 0. The van der Waals surface area contributed by atoms with Gasteiger partial charge in [-0.15, -0.1) is 0 Å². The molecular formula is C20H34N2. The predicted octanol–water partition coefficient (Wildman–Crippen LogP) is 5.43. The smallest absolute Gasteiger partial charge is 0.0632 e. The summed E-state index contributed by atoms with van der Waals surface area (Å²) < 4.78 is 0. The van der Waals surface area contributed by atoms with Crippen molar-refractivity contribution in [2.24, 2.45) is 10.7 Å². The first kappa shape index (κ1) is 25.0. The van der Waals surface area contributed by atoms with Crippen molar-refractivity contribution >= 4 is 6.72 Å². The van der Waals surface area contributed by atoms with E-state index in [0.29, 0.717) is 13.1 Å². The van der Waals surface area contributed by atoms with Crippen LogP contribution >= 0.6 is 0 Å². The number of hydrogen-bond acceptors (Lipinski definition) is 2. The molecule has 0 saturated carbocycles. The Morgan fingerprint density at radius 3 is 2.00 bits per heavy atom. The van der Waals surface area contributed by atoms with Crippen molar-refractivity contribution in [3.8, 4) is 0 Å². The molecule has 0 unspecified atom stereocenters. The van der Waals surface area contributed by atoms with Crippen molar-refractivity contribution in [2.75, 3.05) is 13.1 Å². The quantitative estimate of drug-likeness (QED) is 0.448. The van der Waals surface area contributed by atoms with Gasteiger partial charge in [0.25, 0.3) is 0 Å². The van der Waals surface area contributed by atoms with Gasteiger partial charge in [0.05, 0.1) is 6.54 Å². The highest BCUT2D eigenvalue weighted by Crippen LogP contribution is 1.99. The van der Waals surface area contributed by atoms with E-state index in [2.05, 4.69) is 44.4 Å². The maximum atomic E-state index is 5.31. The van der Waals surface area contributed by atoms with Gasteiger partial charge in [0.15, 0.2) is 0 Å². The van der Waals surface area contributed by atoms with Crippen molar-refractivity contribution in [1.29, 1.82) is 0 Å². The van der Waals surface area contributed by atoms with Crippen LogP contribution < -0.4 is 5.73 Å². The summed E-state index contributed by atoms with van der Waals surface area (Å²) >= 11 is 0. The van der Waals surface area contributed by atoms with Crippen LogP contribution in [-0.2, 0) is 0 Å². The largest absolute Gasteiger partial charge is 0.330 e. The summed E-state index contributed by atoms with van der Waals surface area (Å²) in [6.07, 6.45) is 15.3. The fourth-order valence-corrected chi connectivity index (χ4v) is 1.21. The normalized spacial score (nSPS) is 10.7. The average molecular weight is 303 g/mol. The first-order chi connectivity index (χ1) is 10.7. The molecule has 0 aromatic carbocycles. The van der Waals surface area contributed by atoms with E-state index < -0.39 is 0 Å². The molecule has 0 bridgehead atoms. The summed E-state index contributed by atoms with van der Waals surface area (Å²) in [5.74, 6) is 0. The Bertz CT molecular complexity index is 371. The standard InChI is InChI=1S/C10H15N.C8H13N.C2H6/c1-4-6-7-8-10(5-2)9-11-3;1-3-5-8(4-2)6-7-9;1-2/h5-8H,2-4,9H2,1H3;3-5H,1-2,6-7,9H2;1-2H3/b7-6?,10-8+;8-5+;. The maximum Gasteiger partial charge on any atom is 0.0632 e. The number of aliphatic imine (C=N–C) groups is 1. The zero-order chi connectivity index (χ0) is 17.6. The van der Waals surface area contributed by atoms with Crippen LogP contribution in [0.15, 0.2) is 78.4 Å². The molecule has 0 amide bonds. The Labute approximate surface area is 138 Å². The molecule has 0 aliphatic rings. The van der Waals surface area contributed by atoms with Gasteiger partial charge in [0, 0.05) is 0 Å². The second-order valence-corrected chi connectivity index (χ2v) is 3.88. The predicted molar refractivity (Wildman–Crippen MR) is 106 cm³/mol. The fraction of sp³-hybridized carbons (Fsp3) is 0.350. The molecule has 0 radical (unpaired) electrons. The van der Waals surface area contributed by atoms with Crippen LogP contribution in [-0.4, -0.2) is 19.8 Å². The molecule has 0 aromatic rings. The summed E-state index contributed by atoms with van der Waals surface area (Å²) in [5.41, 5.74) is 7.56. The van der Waals surface area contributed by atoms with Gasteiger partial charge in [-0.1, -0.05) is 83.0 Å². The number of rotatable bonds is 9. The van der Waals surface area contributed by atoms with E-state index in [9.17, 15) is 0 Å². The minimum atomic E-state index is 0.650. The van der Waals surface area contributed by atoms with Crippen LogP contribution in [0, 0.1) is 0 Å². The SMILES string of the molecule is C=C/C(=C\C=CCC)CN=C.C=C/C=C(\C=C)CCN.CC. The van der Waals surface area contributed by atoms with Gasteiger partial charge < -0.3 is 5.73 Å². The third-order valence-electron chi connectivity index (χ3n) is 2.27. The molecule has 0 rings (SSSR count). The molecule has 0 heterocycles. The van der Waals surface area contributed by atoms with Crippen molar-refractivity contribution in [3.05, 3.63) is 73.4 Å². The van der Waals surface area contributed by atoms with Crippen molar-refractivity contribution in [3.63, 3.8) is 0 Å². The minimum Gasteiger partial charge on any atom is -0.330 e. The molecule has 0 aliphatic carbocycles. The van der Waals surface area contributed by atoms with Crippen LogP contribution in [0.3, 0.4) is 0 Å². The third-order valence-corrected chi connectivity index (χ3v) is 2.27. The molecule has 0 fully saturated rings. The summed E-state index contributed by atoms with van der Waals surface area (Å²) in [6, 6.07) is 0. The Balaban J connectivity index is -0.000000299. The van der Waals surface area contributed by atoms with Crippen LogP contribution in [0.4, 0.5) is 0 Å². The summed E-state index contributed by atoms with van der Waals surface area (Å²) in [7, 11) is 0. The van der Waals surface area contributed by atoms with Crippen LogP contribution in [0.2, 0.25) is 0 Å². The Hall–Kier alpha value is -1.93. The number of allylic oxidation sites excluding steroid dienone is 6. The summed E-state index contributed by atoms with van der Waals surface area (Å²) in [6.45, 7) is 21.7. The van der Waals surface area contributed by atoms with Crippen molar-refractivity contribution in [1.82, 2.24) is 0 Å². The van der Waals surface area contributed by atoms with E-state index in [-0.39, 0.29) is 0 Å². The lowest BCUT2D eigenvalue weighted by Gasteiger charge is -1.94. The molecule has 0 atom stereocenters. The van der Waals surface area contributed by atoms with E-state index in [1.807, 2.05) is 32.1 Å². The molecule has 0 aromatic heterocycles. The molecule has 0 saturated heterocycles. The van der Waals surface area contributed by atoms with Crippen molar-refractivity contribution < 1.29 is 0 Å². The highest BCUT2D eigenvalue weighted by molar-refractivity contribution is 5.29. The van der Waals surface area contributed by atoms with Gasteiger partial charge in [-0.25, -0.2) is 0 Å². The highest BCUT2D eigenvalue weighted by atomic mass is 14.7. The molecule has 2 N–H and O–H groups in total. The highest BCUT2D eigenvalue weighted by Gasteiger charge is 1.84. The van der Waals surface area contributed by atoms with E-state index in [1.54, 1.807) is 18.2 Å². The van der Waals surface area contributed by atoms with E-state index in [0.717, 1.165) is 24.0 Å². The van der Waals surface area contributed by atoms with Crippen LogP contribution in [0.1, 0.15) is 33.6 Å². The second kappa shape index (κ2) is 24.1. The minimum absolute atomic E-state index is 0.650. The molecule has 2 nitrogen and oxygen atoms in total. The molecule has 124 valence electrons. The number of hydrogen-bond donors (Lipinski definition) is 1. The molecule has 22 heavy (non-hydrogen) atoms. The lowest BCUT2D eigenvalue weighted by atomic mass is 10.2. The third kappa shape index (κ3) is 20.4. The van der Waals surface area contributed by atoms with Crippen LogP contribution in [0.25, 0.3) is 0 Å². The second-order valence-electron chi connectivity index (χ2n) is 3.88. The monoisotopic (exact) mass is 302 g/mol. The van der Waals surface area contributed by atoms with Crippen LogP contribution in [0.5, 0.6) is 0 Å². The fourth-order valence-electron chi connectivity index (χ4n) is 1.21. The van der Waals surface area contributed by atoms with Gasteiger partial charge >= 0.3 is 0 Å².